The lowest BCUT2D eigenvalue weighted by atomic mass is 9.99. The Morgan fingerprint density at radius 3 is 2.66 bits per heavy atom. The number of nitrogens with zero attached hydrogens (tertiary/aromatic N) is 1. The van der Waals surface area contributed by atoms with E-state index in [2.05, 4.69) is 10.5 Å². The van der Waals surface area contributed by atoms with E-state index in [4.69, 9.17) is 9.26 Å². The number of aromatic hydroxyl groups is 1. The molecule has 4 N–H and O–H groups in total. The van der Waals surface area contributed by atoms with Crippen molar-refractivity contribution in [3.05, 3.63) is 71.9 Å². The summed E-state index contributed by atoms with van der Waals surface area (Å²) in [7, 11) is 0. The third-order valence-electron chi connectivity index (χ3n) is 4.35. The van der Waals surface area contributed by atoms with Crippen LogP contribution in [0.2, 0.25) is 0 Å². The molecular weight excluding hydrogens is 376 g/mol. The Morgan fingerprint density at radius 2 is 1.93 bits per heavy atom. The number of aliphatic hydroxyl groups is 2. The molecule has 152 valence electrons. The molecule has 2 aromatic carbocycles. The highest BCUT2D eigenvalue weighted by molar-refractivity contribution is 5.67. The van der Waals surface area contributed by atoms with Gasteiger partial charge in [-0.3, -0.25) is 0 Å². The fourth-order valence-corrected chi connectivity index (χ4v) is 2.77. The normalized spacial score (nSPS) is 12.9. The topological polar surface area (TPSA) is 125 Å². The molecule has 1 amide bonds. The van der Waals surface area contributed by atoms with Crippen molar-refractivity contribution >= 4 is 6.09 Å². The van der Waals surface area contributed by atoms with Gasteiger partial charge in [0.1, 0.15) is 18.5 Å². The SMILES string of the molecule is O=C(NCCC(O)C(O)c1ccc(O)c(-c2ccno2)c1)OCc1ccccc1. The summed E-state index contributed by atoms with van der Waals surface area (Å²) in [6, 6.07) is 15.3. The zero-order valence-electron chi connectivity index (χ0n) is 15.6. The molecular formula is C21H22N2O6. The molecule has 29 heavy (non-hydrogen) atoms. The summed E-state index contributed by atoms with van der Waals surface area (Å²) in [4.78, 5) is 11.7. The second kappa shape index (κ2) is 9.72. The van der Waals surface area contributed by atoms with Crippen molar-refractivity contribution in [1.82, 2.24) is 10.5 Å². The summed E-state index contributed by atoms with van der Waals surface area (Å²) in [6.07, 6.45) is -1.39. The second-order valence-electron chi connectivity index (χ2n) is 6.44. The van der Waals surface area contributed by atoms with E-state index in [9.17, 15) is 20.1 Å². The van der Waals surface area contributed by atoms with E-state index in [0.29, 0.717) is 16.9 Å². The third kappa shape index (κ3) is 5.56. The highest BCUT2D eigenvalue weighted by Gasteiger charge is 2.20. The first-order valence-electron chi connectivity index (χ1n) is 9.09. The number of nitrogens with one attached hydrogen (secondary N) is 1. The van der Waals surface area contributed by atoms with Crippen molar-refractivity contribution in [1.29, 1.82) is 0 Å². The Morgan fingerprint density at radius 1 is 1.14 bits per heavy atom. The van der Waals surface area contributed by atoms with Crippen molar-refractivity contribution < 1.29 is 29.4 Å². The highest BCUT2D eigenvalue weighted by atomic mass is 16.5. The van der Waals surface area contributed by atoms with Gasteiger partial charge in [0, 0.05) is 12.6 Å². The molecule has 8 nitrogen and oxygen atoms in total. The Balaban J connectivity index is 1.48. The molecule has 2 unspecified atom stereocenters. The largest absolute Gasteiger partial charge is 0.507 e. The molecule has 0 aliphatic heterocycles. The van der Waals surface area contributed by atoms with Crippen LogP contribution in [0.1, 0.15) is 23.7 Å². The number of carbonyl (C=O) groups is 1. The Labute approximate surface area is 167 Å². The zero-order chi connectivity index (χ0) is 20.6. The van der Waals surface area contributed by atoms with Crippen molar-refractivity contribution in [2.75, 3.05) is 6.54 Å². The standard InChI is InChI=1S/C21H22N2O6/c24-17-7-6-15(12-16(17)19-9-11-23-29-19)20(26)18(25)8-10-22-21(27)28-13-14-4-2-1-3-5-14/h1-7,9,11-12,18,20,24-26H,8,10,13H2,(H,22,27). The van der Waals surface area contributed by atoms with Gasteiger partial charge in [-0.25, -0.2) is 4.79 Å². The van der Waals surface area contributed by atoms with Crippen LogP contribution in [0.5, 0.6) is 5.75 Å². The lowest BCUT2D eigenvalue weighted by Crippen LogP contribution is -2.29. The van der Waals surface area contributed by atoms with Gasteiger partial charge in [0.2, 0.25) is 0 Å². The van der Waals surface area contributed by atoms with E-state index < -0.39 is 18.3 Å². The first-order chi connectivity index (χ1) is 14.0. The summed E-state index contributed by atoms with van der Waals surface area (Å²) in [6.45, 7) is 0.272. The smallest absolute Gasteiger partial charge is 0.407 e. The number of amides is 1. The number of alkyl carbamates (subject to hydrolysis) is 1. The highest BCUT2D eigenvalue weighted by Crippen LogP contribution is 2.32. The van der Waals surface area contributed by atoms with E-state index in [1.807, 2.05) is 30.3 Å². The third-order valence-corrected chi connectivity index (χ3v) is 4.35. The number of rotatable bonds is 8. The van der Waals surface area contributed by atoms with Gasteiger partial charge < -0.3 is 29.9 Å². The summed E-state index contributed by atoms with van der Waals surface area (Å²) in [5.41, 5.74) is 1.62. The van der Waals surface area contributed by atoms with Crippen LogP contribution < -0.4 is 5.32 Å². The minimum Gasteiger partial charge on any atom is -0.507 e. The van der Waals surface area contributed by atoms with E-state index in [0.717, 1.165) is 5.56 Å². The number of ether oxygens (including phenoxy) is 1. The molecule has 0 saturated carbocycles. The zero-order valence-corrected chi connectivity index (χ0v) is 15.6. The number of phenols is 1. The average molecular weight is 398 g/mol. The van der Waals surface area contributed by atoms with E-state index in [-0.39, 0.29) is 25.3 Å². The summed E-state index contributed by atoms with van der Waals surface area (Å²) < 4.78 is 10.1. The Hall–Kier alpha value is -3.36. The van der Waals surface area contributed by atoms with Crippen molar-refractivity contribution in [2.24, 2.45) is 0 Å². The van der Waals surface area contributed by atoms with Crippen LogP contribution >= 0.6 is 0 Å². The fraction of sp³-hybridized carbons (Fsp3) is 0.238. The maximum absolute atomic E-state index is 11.7. The molecule has 3 rings (SSSR count). The monoisotopic (exact) mass is 398 g/mol. The molecule has 1 heterocycles. The van der Waals surface area contributed by atoms with Gasteiger partial charge in [0.25, 0.3) is 0 Å². The van der Waals surface area contributed by atoms with E-state index in [1.165, 1.54) is 24.4 Å². The van der Waals surface area contributed by atoms with Gasteiger partial charge in [0.05, 0.1) is 17.9 Å². The number of phenolic OH excluding ortho intramolecular Hbond substituents is 1. The fourth-order valence-electron chi connectivity index (χ4n) is 2.77. The van der Waals surface area contributed by atoms with Crippen LogP contribution in [0.3, 0.4) is 0 Å². The first kappa shape index (κ1) is 20.4. The van der Waals surface area contributed by atoms with Crippen LogP contribution in [-0.2, 0) is 11.3 Å². The van der Waals surface area contributed by atoms with Crippen LogP contribution in [0, 0.1) is 0 Å². The summed E-state index contributed by atoms with van der Waals surface area (Å²) in [5.74, 6) is 0.309. The summed E-state index contributed by atoms with van der Waals surface area (Å²) in [5, 5.41) is 36.7. The van der Waals surface area contributed by atoms with Crippen molar-refractivity contribution in [2.45, 2.75) is 25.2 Å². The quantitative estimate of drug-likeness (QED) is 0.460. The van der Waals surface area contributed by atoms with Crippen LogP contribution in [0.25, 0.3) is 11.3 Å². The lowest BCUT2D eigenvalue weighted by molar-refractivity contribution is 0.0136. The minimum atomic E-state index is -1.21. The number of hydrogen-bond donors (Lipinski definition) is 4. The van der Waals surface area contributed by atoms with Gasteiger partial charge in [-0.15, -0.1) is 0 Å². The van der Waals surface area contributed by atoms with Gasteiger partial charge >= 0.3 is 6.09 Å². The van der Waals surface area contributed by atoms with E-state index >= 15 is 0 Å². The average Bonchev–Trinajstić information content (AvgIpc) is 3.27. The predicted molar refractivity (Wildman–Crippen MR) is 104 cm³/mol. The van der Waals surface area contributed by atoms with Crippen LogP contribution in [0.15, 0.2) is 65.3 Å². The molecule has 0 fully saturated rings. The molecule has 8 heteroatoms. The Bertz CT molecular complexity index is 914. The number of benzene rings is 2. The minimum absolute atomic E-state index is 0.0324. The number of carbonyl (C=O) groups excluding carboxylic acids is 1. The second-order valence-corrected chi connectivity index (χ2v) is 6.44. The molecule has 0 aliphatic rings. The molecule has 0 saturated heterocycles. The van der Waals surface area contributed by atoms with Crippen LogP contribution in [0.4, 0.5) is 4.79 Å². The molecule has 2 atom stereocenters. The van der Waals surface area contributed by atoms with Gasteiger partial charge in [0.15, 0.2) is 5.76 Å². The van der Waals surface area contributed by atoms with Crippen molar-refractivity contribution in [3.63, 3.8) is 0 Å². The molecule has 3 aromatic rings. The molecule has 0 spiro atoms. The Kier molecular flexibility index (Phi) is 6.83. The van der Waals surface area contributed by atoms with E-state index in [1.54, 1.807) is 6.07 Å². The number of aromatic nitrogens is 1. The number of hydrogen-bond acceptors (Lipinski definition) is 7. The van der Waals surface area contributed by atoms with Gasteiger partial charge in [-0.2, -0.15) is 0 Å². The predicted octanol–water partition coefficient (Wildman–Crippen LogP) is 2.76. The maximum atomic E-state index is 11.7. The molecule has 1 aromatic heterocycles. The summed E-state index contributed by atoms with van der Waals surface area (Å²) >= 11 is 0. The van der Waals surface area contributed by atoms with Gasteiger partial charge in [-0.05, 0) is 29.7 Å². The first-order valence-corrected chi connectivity index (χ1v) is 9.09. The molecule has 0 bridgehead atoms. The molecule has 0 aliphatic carbocycles. The van der Waals surface area contributed by atoms with Crippen LogP contribution in [-0.4, -0.2) is 39.2 Å². The lowest BCUT2D eigenvalue weighted by Gasteiger charge is -2.19. The number of aliphatic hydroxyl groups excluding tert-OH is 2. The molecule has 0 radical (unpaired) electrons. The van der Waals surface area contributed by atoms with Gasteiger partial charge in [-0.1, -0.05) is 41.6 Å². The maximum Gasteiger partial charge on any atom is 0.407 e. The van der Waals surface area contributed by atoms with Crippen molar-refractivity contribution in [3.8, 4) is 17.1 Å².